The molecule has 3 aromatic rings. The van der Waals surface area contributed by atoms with E-state index >= 15 is 0 Å². The summed E-state index contributed by atoms with van der Waals surface area (Å²) in [6.07, 6.45) is 4.28. The van der Waals surface area contributed by atoms with E-state index in [0.29, 0.717) is 24.4 Å². The molecular weight excluding hydrogens is 332 g/mol. The Kier molecular flexibility index (Phi) is 4.23. The second-order valence-electron chi connectivity index (χ2n) is 6.10. The molecule has 0 spiro atoms. The van der Waals surface area contributed by atoms with Crippen molar-refractivity contribution in [3.63, 3.8) is 0 Å². The number of nitrogens with zero attached hydrogens (tertiary/aromatic N) is 4. The van der Waals surface area contributed by atoms with Crippen LogP contribution < -0.4 is 4.74 Å². The highest BCUT2D eigenvalue weighted by Crippen LogP contribution is 2.23. The highest BCUT2D eigenvalue weighted by atomic mass is 16.5. The Labute approximate surface area is 149 Å². The van der Waals surface area contributed by atoms with E-state index in [9.17, 15) is 4.79 Å². The Hall–Kier alpha value is -3.40. The van der Waals surface area contributed by atoms with Gasteiger partial charge >= 0.3 is 0 Å². The Morgan fingerprint density at radius 3 is 3.00 bits per heavy atom. The van der Waals surface area contributed by atoms with Gasteiger partial charge < -0.3 is 14.1 Å². The third-order valence-electron chi connectivity index (χ3n) is 4.35. The van der Waals surface area contributed by atoms with Crippen molar-refractivity contribution in [2.24, 2.45) is 0 Å². The standard InChI is InChI=1S/C19H16N4O3/c20-11-15-18(22-8-7-21-15)25-14-5-3-9-23(12-14)19(24)17-10-13-4-1-2-6-16(13)26-17/h1-2,4,6-8,10,14H,3,5,9,12H2/t14-/m1/s1. The monoisotopic (exact) mass is 348 g/mol. The number of fused-ring (bicyclic) bond motifs is 1. The molecule has 0 bridgehead atoms. The third-order valence-corrected chi connectivity index (χ3v) is 4.35. The molecule has 1 aliphatic heterocycles. The molecule has 4 rings (SSSR count). The average Bonchev–Trinajstić information content (AvgIpc) is 3.12. The molecule has 3 heterocycles. The molecule has 2 aromatic heterocycles. The van der Waals surface area contributed by atoms with Crippen LogP contribution in [0.2, 0.25) is 0 Å². The zero-order valence-corrected chi connectivity index (χ0v) is 14.0. The van der Waals surface area contributed by atoms with Gasteiger partial charge in [0.1, 0.15) is 17.8 Å². The van der Waals surface area contributed by atoms with E-state index in [2.05, 4.69) is 9.97 Å². The van der Waals surface area contributed by atoms with E-state index in [-0.39, 0.29) is 23.6 Å². The fourth-order valence-corrected chi connectivity index (χ4v) is 3.11. The Morgan fingerprint density at radius 1 is 1.31 bits per heavy atom. The van der Waals surface area contributed by atoms with Crippen molar-refractivity contribution in [1.82, 2.24) is 14.9 Å². The number of amides is 1. The number of hydrogen-bond donors (Lipinski definition) is 0. The van der Waals surface area contributed by atoms with E-state index in [0.717, 1.165) is 18.2 Å². The first kappa shape index (κ1) is 16.1. The molecule has 7 heteroatoms. The van der Waals surface area contributed by atoms with E-state index in [4.69, 9.17) is 14.4 Å². The van der Waals surface area contributed by atoms with Gasteiger partial charge in [0.15, 0.2) is 5.76 Å². The number of likely N-dealkylation sites (tertiary alicyclic amines) is 1. The lowest BCUT2D eigenvalue weighted by molar-refractivity contribution is 0.0501. The molecule has 0 N–H and O–H groups in total. The first-order valence-electron chi connectivity index (χ1n) is 8.40. The maximum atomic E-state index is 12.8. The lowest BCUT2D eigenvalue weighted by Gasteiger charge is -2.32. The summed E-state index contributed by atoms with van der Waals surface area (Å²) < 4.78 is 11.5. The summed E-state index contributed by atoms with van der Waals surface area (Å²) >= 11 is 0. The van der Waals surface area contributed by atoms with Gasteiger partial charge in [-0.2, -0.15) is 5.26 Å². The van der Waals surface area contributed by atoms with Crippen LogP contribution >= 0.6 is 0 Å². The highest BCUT2D eigenvalue weighted by molar-refractivity contribution is 5.96. The number of hydrogen-bond acceptors (Lipinski definition) is 6. The van der Waals surface area contributed by atoms with E-state index in [1.165, 1.54) is 12.4 Å². The van der Waals surface area contributed by atoms with Crippen LogP contribution in [0.3, 0.4) is 0 Å². The van der Waals surface area contributed by atoms with Gasteiger partial charge in [-0.3, -0.25) is 4.79 Å². The number of furan rings is 1. The molecule has 26 heavy (non-hydrogen) atoms. The van der Waals surface area contributed by atoms with Crippen LogP contribution in [0, 0.1) is 11.3 Å². The quantitative estimate of drug-likeness (QED) is 0.723. The first-order valence-corrected chi connectivity index (χ1v) is 8.40. The van der Waals surface area contributed by atoms with Crippen molar-refractivity contribution in [2.45, 2.75) is 18.9 Å². The molecular formula is C19H16N4O3. The number of aromatic nitrogens is 2. The zero-order chi connectivity index (χ0) is 17.9. The topological polar surface area (TPSA) is 92.2 Å². The molecule has 130 valence electrons. The van der Waals surface area contributed by atoms with Crippen LogP contribution in [0.1, 0.15) is 29.1 Å². The molecule has 0 radical (unpaired) electrons. The average molecular weight is 348 g/mol. The van der Waals surface area contributed by atoms with E-state index < -0.39 is 0 Å². The Morgan fingerprint density at radius 2 is 2.15 bits per heavy atom. The minimum atomic E-state index is -0.235. The van der Waals surface area contributed by atoms with Crippen molar-refractivity contribution >= 4 is 16.9 Å². The largest absolute Gasteiger partial charge is 0.470 e. The molecule has 7 nitrogen and oxygen atoms in total. The van der Waals surface area contributed by atoms with Crippen molar-refractivity contribution in [3.8, 4) is 11.9 Å². The molecule has 0 aliphatic carbocycles. The summed E-state index contributed by atoms with van der Waals surface area (Å²) in [6, 6.07) is 11.3. The maximum absolute atomic E-state index is 12.8. The van der Waals surface area contributed by atoms with Gasteiger partial charge in [-0.05, 0) is 25.0 Å². The van der Waals surface area contributed by atoms with Crippen LogP contribution in [0.15, 0.2) is 47.1 Å². The lowest BCUT2D eigenvalue weighted by atomic mass is 10.1. The fraction of sp³-hybridized carbons (Fsp3) is 0.263. The number of carbonyl (C=O) groups is 1. The van der Waals surface area contributed by atoms with Gasteiger partial charge in [-0.15, -0.1) is 0 Å². The number of carbonyl (C=O) groups excluding carboxylic acids is 1. The number of nitriles is 1. The van der Waals surface area contributed by atoms with Gasteiger partial charge in [-0.1, -0.05) is 18.2 Å². The Bertz CT molecular complexity index is 959. The minimum absolute atomic E-state index is 0.147. The van der Waals surface area contributed by atoms with Gasteiger partial charge in [0.25, 0.3) is 11.8 Å². The smallest absolute Gasteiger partial charge is 0.289 e. The molecule has 1 saturated heterocycles. The molecule has 1 aliphatic rings. The number of benzene rings is 1. The summed E-state index contributed by atoms with van der Waals surface area (Å²) in [5, 5.41) is 10.00. The van der Waals surface area contributed by atoms with Gasteiger partial charge in [-0.25, -0.2) is 9.97 Å². The zero-order valence-electron chi connectivity index (χ0n) is 14.0. The molecule has 0 saturated carbocycles. The molecule has 1 amide bonds. The van der Waals surface area contributed by atoms with Crippen LogP contribution in [0.25, 0.3) is 11.0 Å². The van der Waals surface area contributed by atoms with Crippen molar-refractivity contribution in [2.75, 3.05) is 13.1 Å². The SMILES string of the molecule is N#Cc1nccnc1O[C@@H]1CCCN(C(=O)c2cc3ccccc3o2)C1. The second kappa shape index (κ2) is 6.84. The highest BCUT2D eigenvalue weighted by Gasteiger charge is 2.28. The molecule has 0 unspecified atom stereocenters. The predicted molar refractivity (Wildman–Crippen MR) is 92.5 cm³/mol. The molecule has 1 fully saturated rings. The van der Waals surface area contributed by atoms with E-state index in [1.807, 2.05) is 30.3 Å². The lowest BCUT2D eigenvalue weighted by Crippen LogP contribution is -2.44. The van der Waals surface area contributed by atoms with E-state index in [1.54, 1.807) is 11.0 Å². The first-order chi connectivity index (χ1) is 12.7. The Balaban J connectivity index is 1.49. The fourth-order valence-electron chi connectivity index (χ4n) is 3.11. The van der Waals surface area contributed by atoms with Crippen LogP contribution in [0.4, 0.5) is 0 Å². The number of ether oxygens (including phenoxy) is 1. The molecule has 1 atom stereocenters. The van der Waals surface area contributed by atoms with Crippen molar-refractivity contribution in [3.05, 3.63) is 54.2 Å². The van der Waals surface area contributed by atoms with Crippen LogP contribution in [0.5, 0.6) is 5.88 Å². The minimum Gasteiger partial charge on any atom is -0.470 e. The molecule has 1 aromatic carbocycles. The van der Waals surface area contributed by atoms with Crippen molar-refractivity contribution in [1.29, 1.82) is 5.26 Å². The van der Waals surface area contributed by atoms with Crippen LogP contribution in [-0.2, 0) is 0 Å². The number of para-hydroxylation sites is 1. The summed E-state index contributed by atoms with van der Waals surface area (Å²) in [7, 11) is 0. The normalized spacial score (nSPS) is 17.0. The predicted octanol–water partition coefficient (Wildman–Crippen LogP) is 2.78. The van der Waals surface area contributed by atoms with Crippen molar-refractivity contribution < 1.29 is 13.9 Å². The third kappa shape index (κ3) is 3.09. The summed E-state index contributed by atoms with van der Waals surface area (Å²) in [4.78, 5) is 22.5. The second-order valence-corrected chi connectivity index (χ2v) is 6.10. The summed E-state index contributed by atoms with van der Waals surface area (Å²) in [6.45, 7) is 1.05. The maximum Gasteiger partial charge on any atom is 0.289 e. The summed E-state index contributed by atoms with van der Waals surface area (Å²) in [5.74, 6) is 0.372. The van der Waals surface area contributed by atoms with Gasteiger partial charge in [0, 0.05) is 24.3 Å². The number of piperidine rings is 1. The van der Waals surface area contributed by atoms with Gasteiger partial charge in [0.2, 0.25) is 5.69 Å². The number of rotatable bonds is 3. The summed E-state index contributed by atoms with van der Waals surface area (Å²) in [5.41, 5.74) is 0.840. The van der Waals surface area contributed by atoms with Gasteiger partial charge in [0.05, 0.1) is 6.54 Å². The van der Waals surface area contributed by atoms with Crippen LogP contribution in [-0.4, -0.2) is 40.0 Å².